The van der Waals surface area contributed by atoms with Crippen LogP contribution in [0.1, 0.15) is 45.0 Å². The number of benzene rings is 3. The molecule has 3 aromatic carbocycles. The SMILES string of the molecule is CCOC(=O)C(C)(C)NP(=O)(Oc1ccccc1)c1ccc(Oc2cc(OC(C)C)cc(C(=O)Nc3nccs3)c2)cc1. The number of nitrogens with zero attached hydrogens (tertiary/aromatic N) is 1. The summed E-state index contributed by atoms with van der Waals surface area (Å²) >= 11 is 1.31. The van der Waals surface area contributed by atoms with Crippen LogP contribution in [0.2, 0.25) is 0 Å². The fraction of sp³-hybridized carbons (Fsp3) is 0.258. The Morgan fingerprint density at radius 3 is 2.28 bits per heavy atom. The summed E-state index contributed by atoms with van der Waals surface area (Å²) in [5.41, 5.74) is -0.992. The number of para-hydroxylation sites is 1. The Kier molecular flexibility index (Phi) is 10.2. The average molecular weight is 624 g/mol. The van der Waals surface area contributed by atoms with Gasteiger partial charge in [0, 0.05) is 23.2 Å². The van der Waals surface area contributed by atoms with E-state index < -0.39 is 19.0 Å². The first-order valence-electron chi connectivity index (χ1n) is 13.6. The van der Waals surface area contributed by atoms with Crippen molar-refractivity contribution in [3.05, 3.63) is 89.9 Å². The molecule has 0 spiro atoms. The summed E-state index contributed by atoms with van der Waals surface area (Å²) in [5.74, 6) is 0.667. The molecule has 0 aliphatic heterocycles. The van der Waals surface area contributed by atoms with Crippen molar-refractivity contribution < 1.29 is 32.9 Å². The van der Waals surface area contributed by atoms with Crippen LogP contribution in [0.15, 0.2) is 84.4 Å². The normalized spacial score (nSPS) is 12.7. The predicted octanol–water partition coefficient (Wildman–Crippen LogP) is 6.80. The smallest absolute Gasteiger partial charge is 0.347 e. The highest BCUT2D eigenvalue weighted by atomic mass is 32.1. The maximum absolute atomic E-state index is 14.3. The van der Waals surface area contributed by atoms with Crippen molar-refractivity contribution in [2.75, 3.05) is 11.9 Å². The monoisotopic (exact) mass is 623 g/mol. The average Bonchev–Trinajstić information content (AvgIpc) is 3.46. The highest BCUT2D eigenvalue weighted by Crippen LogP contribution is 2.44. The van der Waals surface area contributed by atoms with E-state index >= 15 is 0 Å². The lowest BCUT2D eigenvalue weighted by molar-refractivity contribution is -0.149. The number of hydrogen-bond acceptors (Lipinski definition) is 9. The summed E-state index contributed by atoms with van der Waals surface area (Å²) < 4.78 is 37.4. The Bertz CT molecular complexity index is 1580. The number of ether oxygens (including phenoxy) is 3. The number of esters is 1. The molecular formula is C31H34N3O7PS. The Balaban J connectivity index is 1.61. The third-order valence-corrected chi connectivity index (χ3v) is 8.76. The molecular weight excluding hydrogens is 589 g/mol. The van der Waals surface area contributed by atoms with E-state index in [1.54, 1.807) is 99.1 Å². The van der Waals surface area contributed by atoms with Gasteiger partial charge in [0.15, 0.2) is 5.13 Å². The zero-order valence-corrected chi connectivity index (χ0v) is 26.2. The molecule has 43 heavy (non-hydrogen) atoms. The number of thiazole rings is 1. The van der Waals surface area contributed by atoms with Crippen molar-refractivity contribution in [1.29, 1.82) is 0 Å². The van der Waals surface area contributed by atoms with Gasteiger partial charge in [-0.05, 0) is 83.1 Å². The predicted molar refractivity (Wildman–Crippen MR) is 167 cm³/mol. The van der Waals surface area contributed by atoms with Gasteiger partial charge in [0.1, 0.15) is 28.5 Å². The van der Waals surface area contributed by atoms with Crippen LogP contribution in [-0.2, 0) is 14.1 Å². The van der Waals surface area contributed by atoms with Crippen LogP contribution in [0.25, 0.3) is 0 Å². The lowest BCUT2D eigenvalue weighted by Crippen LogP contribution is -2.48. The van der Waals surface area contributed by atoms with E-state index in [-0.39, 0.29) is 18.6 Å². The van der Waals surface area contributed by atoms with Crippen LogP contribution < -0.4 is 29.7 Å². The minimum atomic E-state index is -3.85. The first kappa shape index (κ1) is 31.7. The van der Waals surface area contributed by atoms with E-state index in [1.807, 2.05) is 19.9 Å². The molecule has 0 fully saturated rings. The minimum absolute atomic E-state index is 0.130. The summed E-state index contributed by atoms with van der Waals surface area (Å²) in [5, 5.41) is 8.21. The zero-order valence-electron chi connectivity index (χ0n) is 24.5. The first-order valence-corrected chi connectivity index (χ1v) is 16.1. The van der Waals surface area contributed by atoms with Crippen molar-refractivity contribution >= 4 is 41.2 Å². The summed E-state index contributed by atoms with van der Waals surface area (Å²) in [6.07, 6.45) is 1.47. The second-order valence-electron chi connectivity index (χ2n) is 10.2. The fourth-order valence-electron chi connectivity index (χ4n) is 3.90. The second-order valence-corrected chi connectivity index (χ2v) is 13.1. The highest BCUT2D eigenvalue weighted by Gasteiger charge is 2.40. The van der Waals surface area contributed by atoms with Gasteiger partial charge in [-0.3, -0.25) is 19.5 Å². The topological polar surface area (TPSA) is 125 Å². The Hall–Kier alpha value is -4.18. The van der Waals surface area contributed by atoms with Gasteiger partial charge in [-0.15, -0.1) is 11.3 Å². The van der Waals surface area contributed by atoms with Crippen LogP contribution in [0, 0.1) is 0 Å². The van der Waals surface area contributed by atoms with E-state index in [0.717, 1.165) is 0 Å². The molecule has 0 bridgehead atoms. The van der Waals surface area contributed by atoms with Crippen LogP contribution >= 0.6 is 18.9 Å². The quantitative estimate of drug-likeness (QED) is 0.122. The number of rotatable bonds is 13. The number of carbonyl (C=O) groups excluding carboxylic acids is 2. The molecule has 4 aromatic rings. The molecule has 1 amide bonds. The molecule has 2 N–H and O–H groups in total. The molecule has 1 unspecified atom stereocenters. The maximum Gasteiger partial charge on any atom is 0.347 e. The molecule has 10 nitrogen and oxygen atoms in total. The summed E-state index contributed by atoms with van der Waals surface area (Å²) in [6.45, 7) is 8.81. The maximum atomic E-state index is 14.3. The highest BCUT2D eigenvalue weighted by molar-refractivity contribution is 7.65. The van der Waals surface area contributed by atoms with Gasteiger partial charge >= 0.3 is 13.5 Å². The van der Waals surface area contributed by atoms with E-state index in [2.05, 4.69) is 15.4 Å². The van der Waals surface area contributed by atoms with Crippen LogP contribution in [-0.4, -0.2) is 35.1 Å². The molecule has 4 rings (SSSR count). The number of hydrogen-bond donors (Lipinski definition) is 2. The number of nitrogens with one attached hydrogen (secondary N) is 2. The van der Waals surface area contributed by atoms with Gasteiger partial charge < -0.3 is 18.7 Å². The van der Waals surface area contributed by atoms with Gasteiger partial charge in [-0.25, -0.2) is 10.1 Å². The van der Waals surface area contributed by atoms with Crippen molar-refractivity contribution in [1.82, 2.24) is 10.1 Å². The van der Waals surface area contributed by atoms with Crippen molar-refractivity contribution in [2.45, 2.75) is 46.3 Å². The lowest BCUT2D eigenvalue weighted by atomic mass is 10.1. The zero-order chi connectivity index (χ0) is 31.0. The third-order valence-electron chi connectivity index (χ3n) is 5.77. The van der Waals surface area contributed by atoms with Crippen LogP contribution in [0.4, 0.5) is 5.13 Å². The first-order chi connectivity index (χ1) is 20.5. The molecule has 0 saturated heterocycles. The standard InChI is InChI=1S/C31H34N3O7PS/c1-6-38-29(36)31(4,5)34-42(37,41-24-10-8-7-9-11-24)27-14-12-23(13-15-27)40-26-19-22(18-25(20-26)39-21(2)3)28(35)33-30-32-16-17-43-30/h7-21H,6H2,1-5H3,(H,34,37)(H,32,33,35). The van der Waals surface area contributed by atoms with Crippen LogP contribution in [0.3, 0.4) is 0 Å². The molecule has 0 saturated carbocycles. The fourth-order valence-corrected chi connectivity index (χ4v) is 6.49. The minimum Gasteiger partial charge on any atom is -0.491 e. The Morgan fingerprint density at radius 1 is 0.953 bits per heavy atom. The van der Waals surface area contributed by atoms with E-state index in [4.69, 9.17) is 18.7 Å². The lowest BCUT2D eigenvalue weighted by Gasteiger charge is -2.30. The van der Waals surface area contributed by atoms with E-state index in [0.29, 0.717) is 39.0 Å². The number of aromatic nitrogens is 1. The molecule has 1 atom stereocenters. The van der Waals surface area contributed by atoms with E-state index in [9.17, 15) is 14.2 Å². The molecule has 12 heteroatoms. The van der Waals surface area contributed by atoms with Gasteiger partial charge in [0.2, 0.25) is 0 Å². The summed E-state index contributed by atoms with van der Waals surface area (Å²) in [4.78, 5) is 29.6. The van der Waals surface area contributed by atoms with Crippen molar-refractivity contribution in [2.24, 2.45) is 0 Å². The number of anilines is 1. The molecule has 1 heterocycles. The number of amides is 1. The van der Waals surface area contributed by atoms with Crippen molar-refractivity contribution in [3.63, 3.8) is 0 Å². The third kappa shape index (κ3) is 8.67. The Morgan fingerprint density at radius 2 is 1.65 bits per heavy atom. The van der Waals surface area contributed by atoms with Gasteiger partial charge in [0.05, 0.1) is 18.0 Å². The molecule has 0 aliphatic carbocycles. The second kappa shape index (κ2) is 13.9. The van der Waals surface area contributed by atoms with E-state index in [1.165, 1.54) is 11.3 Å². The van der Waals surface area contributed by atoms with Crippen LogP contribution in [0.5, 0.6) is 23.0 Å². The number of carbonyl (C=O) groups is 2. The molecule has 1 aromatic heterocycles. The molecule has 226 valence electrons. The van der Waals surface area contributed by atoms with Gasteiger partial charge in [-0.2, -0.15) is 0 Å². The molecule has 0 radical (unpaired) electrons. The Labute approximate surface area is 254 Å². The largest absolute Gasteiger partial charge is 0.491 e. The van der Waals surface area contributed by atoms with Gasteiger partial charge in [0.25, 0.3) is 5.91 Å². The summed E-state index contributed by atoms with van der Waals surface area (Å²) in [7, 11) is -3.85. The van der Waals surface area contributed by atoms with Crippen molar-refractivity contribution in [3.8, 4) is 23.0 Å². The molecule has 0 aliphatic rings. The summed E-state index contributed by atoms with van der Waals surface area (Å²) in [6, 6.07) is 20.0. The van der Waals surface area contributed by atoms with Gasteiger partial charge in [-0.1, -0.05) is 18.2 Å².